The molecule has 1 fully saturated rings. The average Bonchev–Trinajstić information content (AvgIpc) is 2.44. The van der Waals surface area contributed by atoms with E-state index in [0.717, 1.165) is 13.0 Å². The molecule has 0 heterocycles. The summed E-state index contributed by atoms with van der Waals surface area (Å²) in [5, 5.41) is 3.72. The summed E-state index contributed by atoms with van der Waals surface area (Å²) in [7, 11) is 1.88. The molecule has 0 amide bonds. The first-order valence-corrected chi connectivity index (χ1v) is 8.48. The molecule has 0 bridgehead atoms. The largest absolute Gasteiger partial charge is 0.377 e. The van der Waals surface area contributed by atoms with E-state index in [9.17, 15) is 0 Å². The summed E-state index contributed by atoms with van der Waals surface area (Å²) < 4.78 is 5.90. The van der Waals surface area contributed by atoms with E-state index in [1.807, 2.05) is 7.11 Å². The molecule has 2 rings (SSSR count). The SMILES string of the molecule is CCCNC(Cc1ccc(C(C)C)cc1)C1(OC)CCC1. The maximum absolute atomic E-state index is 5.90. The molecule has 1 aliphatic carbocycles. The van der Waals surface area contributed by atoms with E-state index in [-0.39, 0.29) is 5.60 Å². The Bertz CT molecular complexity index is 414. The van der Waals surface area contributed by atoms with Gasteiger partial charge in [-0.1, -0.05) is 45.0 Å². The van der Waals surface area contributed by atoms with E-state index >= 15 is 0 Å². The highest BCUT2D eigenvalue weighted by Crippen LogP contribution is 2.39. The van der Waals surface area contributed by atoms with Gasteiger partial charge < -0.3 is 10.1 Å². The van der Waals surface area contributed by atoms with Crippen LogP contribution in [0.15, 0.2) is 24.3 Å². The second kappa shape index (κ2) is 7.42. The van der Waals surface area contributed by atoms with E-state index in [2.05, 4.69) is 50.4 Å². The van der Waals surface area contributed by atoms with Crippen molar-refractivity contribution in [2.45, 2.75) is 70.4 Å². The molecule has 0 aromatic heterocycles. The van der Waals surface area contributed by atoms with Gasteiger partial charge in [0.05, 0.1) is 5.60 Å². The second-order valence-electron chi connectivity index (χ2n) is 6.73. The van der Waals surface area contributed by atoms with Crippen molar-refractivity contribution in [3.63, 3.8) is 0 Å². The summed E-state index contributed by atoms with van der Waals surface area (Å²) in [5.41, 5.74) is 2.89. The monoisotopic (exact) mass is 289 g/mol. The average molecular weight is 289 g/mol. The predicted octanol–water partition coefficient (Wildman–Crippen LogP) is 4.29. The van der Waals surface area contributed by atoms with Gasteiger partial charge in [-0.15, -0.1) is 0 Å². The van der Waals surface area contributed by atoms with E-state index in [1.54, 1.807) is 0 Å². The zero-order valence-electron chi connectivity index (χ0n) is 14.1. The van der Waals surface area contributed by atoms with E-state index < -0.39 is 0 Å². The van der Waals surface area contributed by atoms with Gasteiger partial charge in [0.15, 0.2) is 0 Å². The van der Waals surface area contributed by atoms with Crippen molar-refractivity contribution in [3.8, 4) is 0 Å². The summed E-state index contributed by atoms with van der Waals surface area (Å²) in [6.07, 6.45) is 5.91. The van der Waals surface area contributed by atoms with Crippen LogP contribution in [0.5, 0.6) is 0 Å². The van der Waals surface area contributed by atoms with Crippen molar-refractivity contribution >= 4 is 0 Å². The molecule has 118 valence electrons. The van der Waals surface area contributed by atoms with Gasteiger partial charge in [-0.05, 0) is 55.7 Å². The first kappa shape index (κ1) is 16.5. The second-order valence-corrected chi connectivity index (χ2v) is 6.73. The Hall–Kier alpha value is -0.860. The van der Waals surface area contributed by atoms with Crippen LogP contribution in [0.1, 0.15) is 63.5 Å². The number of methoxy groups -OCH3 is 1. The van der Waals surface area contributed by atoms with Crippen LogP contribution >= 0.6 is 0 Å². The minimum atomic E-state index is 0.0614. The van der Waals surface area contributed by atoms with Crippen molar-refractivity contribution in [1.82, 2.24) is 5.32 Å². The third-order valence-corrected chi connectivity index (χ3v) is 4.97. The Kier molecular flexibility index (Phi) is 5.83. The van der Waals surface area contributed by atoms with Gasteiger partial charge in [-0.25, -0.2) is 0 Å². The molecule has 1 aromatic carbocycles. The fourth-order valence-corrected chi connectivity index (χ4v) is 3.26. The molecular weight excluding hydrogens is 258 g/mol. The number of ether oxygens (including phenoxy) is 1. The lowest BCUT2D eigenvalue weighted by Gasteiger charge is -2.47. The molecule has 0 aliphatic heterocycles. The minimum Gasteiger partial charge on any atom is -0.377 e. The quantitative estimate of drug-likeness (QED) is 0.771. The molecule has 1 atom stereocenters. The lowest BCUT2D eigenvalue weighted by molar-refractivity contribution is -0.0980. The summed E-state index contributed by atoms with van der Waals surface area (Å²) in [5.74, 6) is 0.602. The molecule has 0 saturated heterocycles. The molecule has 0 radical (unpaired) electrons. The van der Waals surface area contributed by atoms with Crippen LogP contribution in [-0.2, 0) is 11.2 Å². The molecule has 1 aliphatic rings. The lowest BCUT2D eigenvalue weighted by atomic mass is 9.72. The predicted molar refractivity (Wildman–Crippen MR) is 89.9 cm³/mol. The van der Waals surface area contributed by atoms with Crippen LogP contribution < -0.4 is 5.32 Å². The first-order valence-electron chi connectivity index (χ1n) is 8.48. The highest BCUT2D eigenvalue weighted by molar-refractivity contribution is 5.26. The number of hydrogen-bond donors (Lipinski definition) is 1. The summed E-state index contributed by atoms with van der Waals surface area (Å²) in [6, 6.07) is 9.56. The number of hydrogen-bond acceptors (Lipinski definition) is 2. The van der Waals surface area contributed by atoms with Gasteiger partial charge in [0.1, 0.15) is 0 Å². The highest BCUT2D eigenvalue weighted by Gasteiger charge is 2.43. The zero-order chi connectivity index (χ0) is 15.3. The van der Waals surface area contributed by atoms with Crippen LogP contribution in [0.3, 0.4) is 0 Å². The van der Waals surface area contributed by atoms with Crippen LogP contribution in [0.25, 0.3) is 0 Å². The van der Waals surface area contributed by atoms with Gasteiger partial charge in [0.2, 0.25) is 0 Å². The molecule has 1 N–H and O–H groups in total. The molecule has 2 heteroatoms. The minimum absolute atomic E-state index is 0.0614. The van der Waals surface area contributed by atoms with Crippen LogP contribution in [0, 0.1) is 0 Å². The van der Waals surface area contributed by atoms with Gasteiger partial charge >= 0.3 is 0 Å². The van der Waals surface area contributed by atoms with Gasteiger partial charge in [-0.3, -0.25) is 0 Å². The topological polar surface area (TPSA) is 21.3 Å². The summed E-state index contributed by atoms with van der Waals surface area (Å²) in [4.78, 5) is 0. The molecule has 1 unspecified atom stereocenters. The Morgan fingerprint density at radius 2 is 1.86 bits per heavy atom. The lowest BCUT2D eigenvalue weighted by Crippen LogP contribution is -2.57. The molecular formula is C19H31NO. The van der Waals surface area contributed by atoms with Crippen molar-refractivity contribution in [2.24, 2.45) is 0 Å². The Morgan fingerprint density at radius 1 is 1.19 bits per heavy atom. The number of rotatable bonds is 8. The standard InChI is InChI=1S/C19H31NO/c1-5-13-20-18(19(21-4)11-6-12-19)14-16-7-9-17(10-8-16)15(2)3/h7-10,15,18,20H,5-6,11-14H2,1-4H3. The van der Waals surface area contributed by atoms with Crippen LogP contribution in [0.4, 0.5) is 0 Å². The molecule has 2 nitrogen and oxygen atoms in total. The maximum Gasteiger partial charge on any atom is 0.0834 e. The number of benzene rings is 1. The molecule has 1 saturated carbocycles. The third kappa shape index (κ3) is 3.87. The van der Waals surface area contributed by atoms with E-state index in [0.29, 0.717) is 12.0 Å². The smallest absolute Gasteiger partial charge is 0.0834 e. The fraction of sp³-hybridized carbons (Fsp3) is 0.684. The van der Waals surface area contributed by atoms with E-state index in [4.69, 9.17) is 4.74 Å². The van der Waals surface area contributed by atoms with Crippen LogP contribution in [0.2, 0.25) is 0 Å². The molecule has 0 spiro atoms. The van der Waals surface area contributed by atoms with Crippen molar-refractivity contribution in [1.29, 1.82) is 0 Å². The summed E-state index contributed by atoms with van der Waals surface area (Å²) in [6.45, 7) is 7.78. The Labute approximate surface area is 130 Å². The van der Waals surface area contributed by atoms with Crippen molar-refractivity contribution < 1.29 is 4.74 Å². The Balaban J connectivity index is 2.07. The third-order valence-electron chi connectivity index (χ3n) is 4.97. The van der Waals surface area contributed by atoms with Crippen LogP contribution in [-0.4, -0.2) is 25.3 Å². The van der Waals surface area contributed by atoms with Crippen molar-refractivity contribution in [3.05, 3.63) is 35.4 Å². The fourth-order valence-electron chi connectivity index (χ4n) is 3.26. The molecule has 21 heavy (non-hydrogen) atoms. The zero-order valence-corrected chi connectivity index (χ0v) is 14.1. The first-order chi connectivity index (χ1) is 10.1. The highest BCUT2D eigenvalue weighted by atomic mass is 16.5. The number of nitrogens with one attached hydrogen (secondary N) is 1. The maximum atomic E-state index is 5.90. The normalized spacial score (nSPS) is 18.5. The Morgan fingerprint density at radius 3 is 2.29 bits per heavy atom. The molecule has 1 aromatic rings. The summed E-state index contributed by atoms with van der Waals surface area (Å²) >= 11 is 0. The van der Waals surface area contributed by atoms with Crippen molar-refractivity contribution in [2.75, 3.05) is 13.7 Å². The van der Waals surface area contributed by atoms with Gasteiger partial charge in [0, 0.05) is 13.2 Å². The van der Waals surface area contributed by atoms with Gasteiger partial charge in [-0.2, -0.15) is 0 Å². The van der Waals surface area contributed by atoms with Gasteiger partial charge in [0.25, 0.3) is 0 Å². The van der Waals surface area contributed by atoms with E-state index in [1.165, 1.54) is 36.8 Å².